The summed E-state index contributed by atoms with van der Waals surface area (Å²) < 4.78 is 0. The minimum atomic E-state index is 0. The largest absolute Gasteiger partial charge is 0.269 e. The van der Waals surface area contributed by atoms with Crippen molar-refractivity contribution in [2.45, 2.75) is 0 Å². The molecule has 0 saturated heterocycles. The number of hydrogen-bond acceptors (Lipinski definition) is 2. The van der Waals surface area contributed by atoms with Gasteiger partial charge in [-0.05, 0) is 0 Å². The number of benzene rings is 1. The molecule has 0 saturated carbocycles. The van der Waals surface area contributed by atoms with Crippen LogP contribution in [0, 0.1) is 0 Å². The SMILES string of the molecule is F.c1ccc2cnncc2c1. The summed E-state index contributed by atoms with van der Waals surface area (Å²) >= 11 is 0. The monoisotopic (exact) mass is 150 g/mol. The van der Waals surface area contributed by atoms with Gasteiger partial charge in [-0.15, -0.1) is 0 Å². The van der Waals surface area contributed by atoms with Crippen molar-refractivity contribution < 1.29 is 4.70 Å². The molecule has 0 aliphatic rings. The Hall–Kier alpha value is -1.51. The Morgan fingerprint density at radius 2 is 1.27 bits per heavy atom. The highest BCUT2D eigenvalue weighted by Crippen LogP contribution is 2.08. The average molecular weight is 150 g/mol. The summed E-state index contributed by atoms with van der Waals surface area (Å²) in [5.74, 6) is 0. The van der Waals surface area contributed by atoms with Gasteiger partial charge in [0.1, 0.15) is 0 Å². The van der Waals surface area contributed by atoms with Gasteiger partial charge in [0, 0.05) is 10.8 Å². The van der Waals surface area contributed by atoms with E-state index in [1.165, 1.54) is 0 Å². The van der Waals surface area contributed by atoms with E-state index in [-0.39, 0.29) is 4.70 Å². The van der Waals surface area contributed by atoms with Crippen molar-refractivity contribution in [1.82, 2.24) is 10.2 Å². The molecule has 2 rings (SSSR count). The summed E-state index contributed by atoms with van der Waals surface area (Å²) in [7, 11) is 0. The molecule has 0 fully saturated rings. The number of rotatable bonds is 0. The molecule has 0 amide bonds. The Labute approximate surface area is 63.2 Å². The fourth-order valence-electron chi connectivity index (χ4n) is 0.937. The zero-order chi connectivity index (χ0) is 6.81. The average Bonchev–Trinajstić information content (AvgIpc) is 2.05. The molecule has 0 unspecified atom stereocenters. The Morgan fingerprint density at radius 3 is 1.73 bits per heavy atom. The molecule has 0 bridgehead atoms. The quantitative estimate of drug-likeness (QED) is 0.572. The van der Waals surface area contributed by atoms with E-state index in [2.05, 4.69) is 10.2 Å². The van der Waals surface area contributed by atoms with Crippen LogP contribution in [0.3, 0.4) is 0 Å². The van der Waals surface area contributed by atoms with Crippen LogP contribution < -0.4 is 0 Å². The maximum atomic E-state index is 3.76. The topological polar surface area (TPSA) is 25.8 Å². The Kier molecular flexibility index (Phi) is 2.11. The normalized spacial score (nSPS) is 9.09. The van der Waals surface area contributed by atoms with Crippen LogP contribution in [-0.4, -0.2) is 10.2 Å². The zero-order valence-electron chi connectivity index (χ0n) is 5.77. The van der Waals surface area contributed by atoms with Crippen LogP contribution >= 0.6 is 0 Å². The molecule has 11 heavy (non-hydrogen) atoms. The van der Waals surface area contributed by atoms with Crippen molar-refractivity contribution >= 4 is 10.8 Å². The van der Waals surface area contributed by atoms with Crippen molar-refractivity contribution in [2.24, 2.45) is 0 Å². The zero-order valence-corrected chi connectivity index (χ0v) is 5.77. The number of nitrogens with zero attached hydrogens (tertiary/aromatic N) is 2. The molecule has 2 aromatic rings. The van der Waals surface area contributed by atoms with Crippen LogP contribution in [0.4, 0.5) is 4.70 Å². The van der Waals surface area contributed by atoms with Gasteiger partial charge in [0.2, 0.25) is 0 Å². The van der Waals surface area contributed by atoms with Crippen LogP contribution in [0.25, 0.3) is 10.8 Å². The lowest BCUT2D eigenvalue weighted by atomic mass is 10.2. The highest BCUT2D eigenvalue weighted by atomic mass is 19.0. The first-order valence-electron chi connectivity index (χ1n) is 3.12. The van der Waals surface area contributed by atoms with Crippen molar-refractivity contribution in [3.8, 4) is 0 Å². The van der Waals surface area contributed by atoms with Crippen LogP contribution in [0.5, 0.6) is 0 Å². The van der Waals surface area contributed by atoms with Crippen molar-refractivity contribution in [3.05, 3.63) is 36.7 Å². The first kappa shape index (κ1) is 7.60. The molecule has 0 N–H and O–H groups in total. The molecular formula is C8H7FN2. The molecule has 2 nitrogen and oxygen atoms in total. The molecule has 0 spiro atoms. The predicted octanol–water partition coefficient (Wildman–Crippen LogP) is 1.78. The maximum absolute atomic E-state index is 3.76. The van der Waals surface area contributed by atoms with Crippen molar-refractivity contribution in [3.63, 3.8) is 0 Å². The van der Waals surface area contributed by atoms with Gasteiger partial charge in [-0.3, -0.25) is 4.70 Å². The second-order valence-electron chi connectivity index (χ2n) is 2.12. The minimum absolute atomic E-state index is 0. The highest BCUT2D eigenvalue weighted by Gasteiger charge is 1.87. The molecule has 3 heteroatoms. The van der Waals surface area contributed by atoms with Gasteiger partial charge in [0.15, 0.2) is 0 Å². The minimum Gasteiger partial charge on any atom is -0.269 e. The smallest absolute Gasteiger partial charge is 0.0574 e. The van der Waals surface area contributed by atoms with Gasteiger partial charge in [-0.2, -0.15) is 10.2 Å². The van der Waals surface area contributed by atoms with Crippen LogP contribution in [0.15, 0.2) is 36.7 Å². The first-order valence-corrected chi connectivity index (χ1v) is 3.12. The summed E-state index contributed by atoms with van der Waals surface area (Å²) in [5.41, 5.74) is 0. The van der Waals surface area contributed by atoms with Gasteiger partial charge < -0.3 is 0 Å². The number of hydrogen-bond donors (Lipinski definition) is 0. The second kappa shape index (κ2) is 3.05. The predicted molar refractivity (Wildman–Crippen MR) is 42.0 cm³/mol. The van der Waals surface area contributed by atoms with E-state index in [0.717, 1.165) is 10.8 Å². The summed E-state index contributed by atoms with van der Waals surface area (Å²) in [6.07, 6.45) is 3.52. The molecule has 0 atom stereocenters. The van der Waals surface area contributed by atoms with Crippen LogP contribution in [0.1, 0.15) is 0 Å². The summed E-state index contributed by atoms with van der Waals surface area (Å²) in [4.78, 5) is 0. The van der Waals surface area contributed by atoms with E-state index in [0.29, 0.717) is 0 Å². The van der Waals surface area contributed by atoms with Gasteiger partial charge in [-0.1, -0.05) is 24.3 Å². The second-order valence-corrected chi connectivity index (χ2v) is 2.12. The van der Waals surface area contributed by atoms with Crippen molar-refractivity contribution in [2.75, 3.05) is 0 Å². The Balaban J connectivity index is 0.000000605. The molecule has 1 aromatic heterocycles. The maximum Gasteiger partial charge on any atom is 0.0574 e. The molecule has 1 aromatic carbocycles. The fraction of sp³-hybridized carbons (Fsp3) is 0. The number of fused-ring (bicyclic) bond motifs is 1. The van der Waals surface area contributed by atoms with E-state index >= 15 is 0 Å². The number of halogens is 1. The summed E-state index contributed by atoms with van der Waals surface area (Å²) in [6.45, 7) is 0. The number of aromatic nitrogens is 2. The molecular weight excluding hydrogens is 143 g/mol. The lowest BCUT2D eigenvalue weighted by molar-refractivity contribution is 1.05. The third-order valence-electron chi connectivity index (χ3n) is 1.46. The lowest BCUT2D eigenvalue weighted by Crippen LogP contribution is -1.77. The van der Waals surface area contributed by atoms with Crippen molar-refractivity contribution in [1.29, 1.82) is 0 Å². The van der Waals surface area contributed by atoms with E-state index in [4.69, 9.17) is 0 Å². The molecule has 0 radical (unpaired) electrons. The van der Waals surface area contributed by atoms with Gasteiger partial charge >= 0.3 is 0 Å². The van der Waals surface area contributed by atoms with E-state index in [1.807, 2.05) is 24.3 Å². The third kappa shape index (κ3) is 1.32. The fourth-order valence-corrected chi connectivity index (χ4v) is 0.937. The van der Waals surface area contributed by atoms with Gasteiger partial charge in [-0.25, -0.2) is 0 Å². The van der Waals surface area contributed by atoms with E-state index < -0.39 is 0 Å². The third-order valence-corrected chi connectivity index (χ3v) is 1.46. The van der Waals surface area contributed by atoms with E-state index in [1.54, 1.807) is 12.4 Å². The standard InChI is InChI=1S/C8H6N2.FH/c1-2-4-8-6-10-9-5-7(8)3-1;/h1-6H;1H. The molecule has 1 heterocycles. The van der Waals surface area contributed by atoms with E-state index in [9.17, 15) is 0 Å². The van der Waals surface area contributed by atoms with Crippen LogP contribution in [0.2, 0.25) is 0 Å². The molecule has 0 aliphatic carbocycles. The summed E-state index contributed by atoms with van der Waals surface area (Å²) in [6, 6.07) is 8.02. The van der Waals surface area contributed by atoms with Crippen LogP contribution in [-0.2, 0) is 0 Å². The Morgan fingerprint density at radius 1 is 0.818 bits per heavy atom. The Bertz CT molecular complexity index is 283. The molecule has 56 valence electrons. The molecule has 0 aliphatic heterocycles. The first-order chi connectivity index (χ1) is 4.97. The summed E-state index contributed by atoms with van der Waals surface area (Å²) in [5, 5.41) is 9.80. The lowest BCUT2D eigenvalue weighted by Gasteiger charge is -1.90. The highest BCUT2D eigenvalue weighted by molar-refractivity contribution is 5.80. The van der Waals surface area contributed by atoms with Gasteiger partial charge in [0.25, 0.3) is 0 Å². The van der Waals surface area contributed by atoms with Gasteiger partial charge in [0.05, 0.1) is 12.4 Å².